The lowest BCUT2D eigenvalue weighted by Crippen LogP contribution is -2.11. The number of aromatic nitrogens is 2. The highest BCUT2D eigenvalue weighted by atomic mass is 35.5. The molecule has 0 saturated heterocycles. The van der Waals surface area contributed by atoms with E-state index in [1.165, 1.54) is 0 Å². The molecule has 0 bridgehead atoms. The van der Waals surface area contributed by atoms with Crippen LogP contribution in [-0.2, 0) is 0 Å². The molecule has 0 unspecified atom stereocenters. The number of aryl methyl sites for hydroxylation is 1. The van der Waals surface area contributed by atoms with Crippen molar-refractivity contribution < 1.29 is 9.53 Å². The normalized spacial score (nSPS) is 10.8. The fraction of sp³-hybridized carbons (Fsp3) is 0.0909. The molecule has 0 aliphatic rings. The van der Waals surface area contributed by atoms with Gasteiger partial charge in [-0.05, 0) is 73.2 Å². The molecule has 0 atom stereocenters. The van der Waals surface area contributed by atoms with Gasteiger partial charge in [-0.3, -0.25) is 4.79 Å². The summed E-state index contributed by atoms with van der Waals surface area (Å²) in [4.78, 5) is 20.3. The summed E-state index contributed by atoms with van der Waals surface area (Å²) >= 11 is 6.18. The standard InChI is InChI=1S/C22H18ClN3O2/c1-13-11-19-20(12-18(13)23)26-21(25-19)14-3-7-16(8-4-14)24-22(27)15-5-9-17(28-2)10-6-15/h3-12H,1-2H3,(H,24,27)(H,25,26). The lowest BCUT2D eigenvalue weighted by molar-refractivity contribution is 0.102. The number of halogens is 1. The number of fused-ring (bicyclic) bond motifs is 1. The van der Waals surface area contributed by atoms with E-state index in [1.807, 2.05) is 43.3 Å². The van der Waals surface area contributed by atoms with Crippen LogP contribution in [0.2, 0.25) is 5.02 Å². The summed E-state index contributed by atoms with van der Waals surface area (Å²) in [5.41, 5.74) is 4.96. The minimum Gasteiger partial charge on any atom is -0.497 e. The van der Waals surface area contributed by atoms with Crippen LogP contribution in [0.4, 0.5) is 5.69 Å². The molecule has 0 spiro atoms. The van der Waals surface area contributed by atoms with Crippen LogP contribution in [0, 0.1) is 6.92 Å². The molecule has 140 valence electrons. The predicted octanol–water partition coefficient (Wildman–Crippen LogP) is 5.45. The molecule has 0 fully saturated rings. The molecule has 4 rings (SSSR count). The minimum atomic E-state index is -0.177. The fourth-order valence-electron chi connectivity index (χ4n) is 2.93. The van der Waals surface area contributed by atoms with Crippen molar-refractivity contribution in [3.63, 3.8) is 0 Å². The molecular formula is C22H18ClN3O2. The maximum absolute atomic E-state index is 12.4. The number of nitrogens with zero attached hydrogens (tertiary/aromatic N) is 1. The number of benzene rings is 3. The van der Waals surface area contributed by atoms with E-state index >= 15 is 0 Å². The lowest BCUT2D eigenvalue weighted by Gasteiger charge is -2.07. The number of ether oxygens (including phenoxy) is 1. The topological polar surface area (TPSA) is 67.0 Å². The summed E-state index contributed by atoms with van der Waals surface area (Å²) in [5, 5.41) is 3.58. The maximum atomic E-state index is 12.4. The Bertz CT molecular complexity index is 1110. The van der Waals surface area contributed by atoms with E-state index in [2.05, 4.69) is 15.3 Å². The van der Waals surface area contributed by atoms with E-state index in [9.17, 15) is 4.79 Å². The average molecular weight is 392 g/mol. The van der Waals surface area contributed by atoms with Gasteiger partial charge in [0.1, 0.15) is 11.6 Å². The van der Waals surface area contributed by atoms with E-state index in [0.717, 1.165) is 28.0 Å². The van der Waals surface area contributed by atoms with Crippen molar-refractivity contribution in [1.29, 1.82) is 0 Å². The first-order valence-corrected chi connectivity index (χ1v) is 9.13. The Hall–Kier alpha value is -3.31. The minimum absolute atomic E-state index is 0.177. The number of amides is 1. The highest BCUT2D eigenvalue weighted by molar-refractivity contribution is 6.32. The summed E-state index contributed by atoms with van der Waals surface area (Å²) < 4.78 is 5.11. The van der Waals surface area contributed by atoms with Gasteiger partial charge in [-0.25, -0.2) is 4.98 Å². The number of nitrogens with one attached hydrogen (secondary N) is 2. The molecule has 5 nitrogen and oxygen atoms in total. The van der Waals surface area contributed by atoms with Gasteiger partial charge >= 0.3 is 0 Å². The van der Waals surface area contributed by atoms with Gasteiger partial charge in [0.25, 0.3) is 5.91 Å². The second-order valence-corrected chi connectivity index (χ2v) is 6.87. The highest BCUT2D eigenvalue weighted by Crippen LogP contribution is 2.26. The SMILES string of the molecule is COc1ccc(C(=O)Nc2ccc(-c3nc4cc(Cl)c(C)cc4[nH]3)cc2)cc1. The zero-order chi connectivity index (χ0) is 19.7. The zero-order valence-electron chi connectivity index (χ0n) is 15.4. The third-order valence-electron chi connectivity index (χ3n) is 4.53. The molecule has 0 aliphatic heterocycles. The van der Waals surface area contributed by atoms with Crippen molar-refractivity contribution in [1.82, 2.24) is 9.97 Å². The second kappa shape index (κ2) is 7.37. The smallest absolute Gasteiger partial charge is 0.255 e. The largest absolute Gasteiger partial charge is 0.497 e. The van der Waals surface area contributed by atoms with Gasteiger partial charge in [0.15, 0.2) is 0 Å². The molecule has 0 radical (unpaired) electrons. The Balaban J connectivity index is 1.52. The Morgan fingerprint density at radius 3 is 2.46 bits per heavy atom. The van der Waals surface area contributed by atoms with Crippen molar-refractivity contribution in [2.45, 2.75) is 6.92 Å². The van der Waals surface area contributed by atoms with Gasteiger partial charge in [-0.1, -0.05) is 11.6 Å². The highest BCUT2D eigenvalue weighted by Gasteiger charge is 2.09. The summed E-state index contributed by atoms with van der Waals surface area (Å²) in [7, 11) is 1.59. The van der Waals surface area contributed by atoms with E-state index in [0.29, 0.717) is 22.0 Å². The molecule has 1 heterocycles. The monoisotopic (exact) mass is 391 g/mol. The third-order valence-corrected chi connectivity index (χ3v) is 4.94. The Morgan fingerprint density at radius 1 is 1.07 bits per heavy atom. The lowest BCUT2D eigenvalue weighted by atomic mass is 10.1. The molecule has 0 saturated carbocycles. The second-order valence-electron chi connectivity index (χ2n) is 6.46. The van der Waals surface area contributed by atoms with E-state index in [-0.39, 0.29) is 5.91 Å². The molecule has 6 heteroatoms. The number of methoxy groups -OCH3 is 1. The third kappa shape index (κ3) is 3.57. The van der Waals surface area contributed by atoms with Crippen molar-refractivity contribution in [2.24, 2.45) is 0 Å². The average Bonchev–Trinajstić information content (AvgIpc) is 3.11. The number of imidazole rings is 1. The van der Waals surface area contributed by atoms with Gasteiger partial charge in [-0.15, -0.1) is 0 Å². The van der Waals surface area contributed by atoms with E-state index in [1.54, 1.807) is 31.4 Å². The zero-order valence-corrected chi connectivity index (χ0v) is 16.2. The molecule has 0 aliphatic carbocycles. The van der Waals surface area contributed by atoms with Crippen molar-refractivity contribution in [3.05, 3.63) is 76.8 Å². The van der Waals surface area contributed by atoms with Crippen LogP contribution in [0.1, 0.15) is 15.9 Å². The van der Waals surface area contributed by atoms with Crippen LogP contribution in [0.3, 0.4) is 0 Å². The van der Waals surface area contributed by atoms with Crippen LogP contribution in [0.15, 0.2) is 60.7 Å². The van der Waals surface area contributed by atoms with Crippen molar-refractivity contribution >= 4 is 34.2 Å². The number of aromatic amines is 1. The molecular weight excluding hydrogens is 374 g/mol. The van der Waals surface area contributed by atoms with E-state index in [4.69, 9.17) is 16.3 Å². The van der Waals surface area contributed by atoms with Gasteiger partial charge in [0.2, 0.25) is 0 Å². The number of carbonyl (C=O) groups excluding carboxylic acids is 1. The molecule has 1 amide bonds. The molecule has 2 N–H and O–H groups in total. The number of anilines is 1. The molecule has 3 aromatic carbocycles. The summed E-state index contributed by atoms with van der Waals surface area (Å²) in [6.07, 6.45) is 0. The first-order valence-electron chi connectivity index (χ1n) is 8.75. The van der Waals surface area contributed by atoms with Crippen molar-refractivity contribution in [3.8, 4) is 17.1 Å². The number of hydrogen-bond acceptors (Lipinski definition) is 3. The Morgan fingerprint density at radius 2 is 1.79 bits per heavy atom. The first kappa shape index (κ1) is 18.1. The quantitative estimate of drug-likeness (QED) is 0.486. The number of H-pyrrole nitrogens is 1. The molecule has 1 aromatic heterocycles. The van der Waals surface area contributed by atoms with Crippen LogP contribution >= 0.6 is 11.6 Å². The number of carbonyl (C=O) groups is 1. The number of rotatable bonds is 4. The van der Waals surface area contributed by atoms with E-state index < -0.39 is 0 Å². The van der Waals surface area contributed by atoms with Gasteiger partial charge in [0.05, 0.1) is 18.1 Å². The van der Waals surface area contributed by atoms with Crippen LogP contribution in [0.5, 0.6) is 5.75 Å². The first-order chi connectivity index (χ1) is 13.5. The Labute approximate surface area is 167 Å². The Kier molecular flexibility index (Phi) is 4.75. The molecule has 28 heavy (non-hydrogen) atoms. The van der Waals surface area contributed by atoms with Crippen LogP contribution < -0.4 is 10.1 Å². The van der Waals surface area contributed by atoms with Crippen LogP contribution in [0.25, 0.3) is 22.4 Å². The van der Waals surface area contributed by atoms with Gasteiger partial charge in [0, 0.05) is 21.8 Å². The van der Waals surface area contributed by atoms with Crippen molar-refractivity contribution in [2.75, 3.05) is 12.4 Å². The fourth-order valence-corrected chi connectivity index (χ4v) is 3.09. The number of hydrogen-bond donors (Lipinski definition) is 2. The summed E-state index contributed by atoms with van der Waals surface area (Å²) in [6.45, 7) is 1.96. The van der Waals surface area contributed by atoms with Gasteiger partial charge < -0.3 is 15.0 Å². The van der Waals surface area contributed by atoms with Gasteiger partial charge in [-0.2, -0.15) is 0 Å². The predicted molar refractivity (Wildman–Crippen MR) is 112 cm³/mol. The maximum Gasteiger partial charge on any atom is 0.255 e. The summed E-state index contributed by atoms with van der Waals surface area (Å²) in [6, 6.07) is 18.3. The van der Waals surface area contributed by atoms with Crippen LogP contribution in [-0.4, -0.2) is 23.0 Å². The summed E-state index contributed by atoms with van der Waals surface area (Å²) in [5.74, 6) is 1.29. The molecule has 4 aromatic rings.